The van der Waals surface area contributed by atoms with E-state index in [4.69, 9.17) is 5.73 Å². The van der Waals surface area contributed by atoms with Crippen LogP contribution in [0.3, 0.4) is 0 Å². The summed E-state index contributed by atoms with van der Waals surface area (Å²) in [6, 6.07) is 4.71. The van der Waals surface area contributed by atoms with Gasteiger partial charge in [-0.25, -0.2) is 4.39 Å². The molecule has 1 aromatic rings. The molecule has 116 valence electrons. The van der Waals surface area contributed by atoms with Crippen LogP contribution in [0.15, 0.2) is 18.2 Å². The number of halogens is 1. The van der Waals surface area contributed by atoms with Gasteiger partial charge < -0.3 is 10.6 Å². The number of rotatable bonds is 6. The Morgan fingerprint density at radius 2 is 2.00 bits per heavy atom. The molecule has 1 aliphatic heterocycles. The highest BCUT2D eigenvalue weighted by molar-refractivity contribution is 5.99. The predicted molar refractivity (Wildman–Crippen MR) is 83.8 cm³/mol. The Labute approximate surface area is 126 Å². The molecule has 0 aliphatic carbocycles. The molecule has 0 saturated carbocycles. The number of nitrogens with zero attached hydrogens (tertiary/aromatic N) is 1. The van der Waals surface area contributed by atoms with Gasteiger partial charge in [0.2, 0.25) is 5.91 Å². The van der Waals surface area contributed by atoms with Crippen molar-refractivity contribution in [3.05, 3.63) is 29.6 Å². The van der Waals surface area contributed by atoms with Crippen molar-refractivity contribution in [3.8, 4) is 0 Å². The van der Waals surface area contributed by atoms with Gasteiger partial charge in [0.15, 0.2) is 0 Å². The monoisotopic (exact) mass is 292 g/mol. The Bertz CT molecular complexity index is 510. The number of nitrogens with two attached hydrogens (primary N) is 1. The molecule has 0 unspecified atom stereocenters. The molecule has 2 N–H and O–H groups in total. The molecule has 0 saturated heterocycles. The molecule has 1 heterocycles. The van der Waals surface area contributed by atoms with E-state index in [-0.39, 0.29) is 11.7 Å². The third kappa shape index (κ3) is 2.95. The van der Waals surface area contributed by atoms with E-state index in [0.717, 1.165) is 43.4 Å². The first-order valence-corrected chi connectivity index (χ1v) is 7.88. The van der Waals surface area contributed by atoms with Crippen molar-refractivity contribution >= 4 is 11.6 Å². The molecule has 1 aromatic carbocycles. The Morgan fingerprint density at radius 3 is 2.57 bits per heavy atom. The predicted octanol–water partition coefficient (Wildman–Crippen LogP) is 3.26. The summed E-state index contributed by atoms with van der Waals surface area (Å²) in [6.07, 6.45) is 4.22. The first kappa shape index (κ1) is 16.0. The zero-order chi connectivity index (χ0) is 15.5. The zero-order valence-corrected chi connectivity index (χ0v) is 13.0. The number of carbonyl (C=O) groups excluding carboxylic acids is 1. The van der Waals surface area contributed by atoms with E-state index in [0.29, 0.717) is 13.1 Å². The van der Waals surface area contributed by atoms with Crippen molar-refractivity contribution in [2.75, 3.05) is 18.0 Å². The van der Waals surface area contributed by atoms with E-state index in [9.17, 15) is 9.18 Å². The summed E-state index contributed by atoms with van der Waals surface area (Å²) in [7, 11) is 0. The summed E-state index contributed by atoms with van der Waals surface area (Å²) in [5, 5.41) is 0. The molecule has 0 atom stereocenters. The lowest BCUT2D eigenvalue weighted by atomic mass is 9.78. The molecule has 4 heteroatoms. The van der Waals surface area contributed by atoms with E-state index in [1.165, 1.54) is 12.1 Å². The van der Waals surface area contributed by atoms with Crippen molar-refractivity contribution in [3.63, 3.8) is 0 Å². The molecular weight excluding hydrogens is 267 g/mol. The summed E-state index contributed by atoms with van der Waals surface area (Å²) < 4.78 is 13.5. The van der Waals surface area contributed by atoms with E-state index >= 15 is 0 Å². The third-order valence-corrected chi connectivity index (χ3v) is 4.49. The number of anilines is 1. The summed E-state index contributed by atoms with van der Waals surface area (Å²) >= 11 is 0. The average Bonchev–Trinajstić information content (AvgIpc) is 2.89. The van der Waals surface area contributed by atoms with Crippen LogP contribution in [-0.4, -0.2) is 19.0 Å². The van der Waals surface area contributed by atoms with Gasteiger partial charge in [-0.15, -0.1) is 0 Å². The van der Waals surface area contributed by atoms with Crippen LogP contribution in [0.1, 0.15) is 45.1 Å². The van der Waals surface area contributed by atoms with Gasteiger partial charge in [0.25, 0.3) is 0 Å². The highest BCUT2D eigenvalue weighted by Gasteiger charge is 2.40. The second kappa shape index (κ2) is 6.56. The van der Waals surface area contributed by atoms with Crippen LogP contribution < -0.4 is 10.6 Å². The molecule has 1 amide bonds. The fourth-order valence-corrected chi connectivity index (χ4v) is 3.44. The van der Waals surface area contributed by atoms with Crippen LogP contribution in [-0.2, 0) is 11.2 Å². The Hall–Kier alpha value is -1.42. The molecule has 0 aromatic heterocycles. The molecule has 0 fully saturated rings. The number of hydrogen-bond donors (Lipinski definition) is 1. The minimum absolute atomic E-state index is 0.0676. The maximum atomic E-state index is 13.5. The Morgan fingerprint density at radius 1 is 1.33 bits per heavy atom. The summed E-state index contributed by atoms with van der Waals surface area (Å²) in [6.45, 7) is 5.14. The summed E-state index contributed by atoms with van der Waals surface area (Å²) in [5.41, 5.74) is 7.25. The van der Waals surface area contributed by atoms with Gasteiger partial charge in [-0.2, -0.15) is 0 Å². The van der Waals surface area contributed by atoms with E-state index in [1.54, 1.807) is 11.0 Å². The van der Waals surface area contributed by atoms with Gasteiger partial charge in [0.1, 0.15) is 5.82 Å². The first-order valence-electron chi connectivity index (χ1n) is 7.88. The molecular formula is C17H25FN2O. The van der Waals surface area contributed by atoms with Crippen LogP contribution in [0.2, 0.25) is 0 Å². The quantitative estimate of drug-likeness (QED) is 0.874. The van der Waals surface area contributed by atoms with Gasteiger partial charge >= 0.3 is 0 Å². The average molecular weight is 292 g/mol. The van der Waals surface area contributed by atoms with Crippen molar-refractivity contribution in [2.45, 2.75) is 46.0 Å². The number of benzene rings is 1. The summed E-state index contributed by atoms with van der Waals surface area (Å²) in [4.78, 5) is 14.8. The van der Waals surface area contributed by atoms with Crippen molar-refractivity contribution in [1.82, 2.24) is 0 Å². The maximum absolute atomic E-state index is 13.5. The van der Waals surface area contributed by atoms with E-state index in [1.807, 2.05) is 0 Å². The highest BCUT2D eigenvalue weighted by atomic mass is 19.1. The van der Waals surface area contributed by atoms with Crippen LogP contribution >= 0.6 is 0 Å². The minimum atomic E-state index is -0.503. The molecule has 1 aliphatic rings. The minimum Gasteiger partial charge on any atom is -0.329 e. The normalized spacial score (nSPS) is 14.4. The van der Waals surface area contributed by atoms with Crippen LogP contribution in [0.4, 0.5) is 10.1 Å². The first-order chi connectivity index (χ1) is 10.1. The van der Waals surface area contributed by atoms with Gasteiger partial charge in [0, 0.05) is 18.8 Å². The number of carbonyl (C=O) groups is 1. The largest absolute Gasteiger partial charge is 0.329 e. The number of fused-ring (bicyclic) bond motifs is 1. The highest BCUT2D eigenvalue weighted by Crippen LogP contribution is 2.37. The SMILES string of the molecule is CCCC(CN)(CCC)C(=O)N1CCc2ccc(F)cc21. The standard InChI is InChI=1S/C17H25FN2O/c1-3-8-17(12-19,9-4-2)16(21)20-10-7-13-5-6-14(18)11-15(13)20/h5-6,11H,3-4,7-10,12,19H2,1-2H3. The molecule has 0 spiro atoms. The van der Waals surface area contributed by atoms with Gasteiger partial charge in [-0.1, -0.05) is 32.8 Å². The Balaban J connectivity index is 2.33. The lowest BCUT2D eigenvalue weighted by Gasteiger charge is -2.35. The molecule has 21 heavy (non-hydrogen) atoms. The van der Waals surface area contributed by atoms with Gasteiger partial charge in [-0.05, 0) is 37.0 Å². The smallest absolute Gasteiger partial charge is 0.234 e. The second-order valence-electron chi connectivity index (χ2n) is 5.96. The molecule has 0 bridgehead atoms. The molecule has 2 rings (SSSR count). The maximum Gasteiger partial charge on any atom is 0.234 e. The fraction of sp³-hybridized carbons (Fsp3) is 0.588. The molecule has 0 radical (unpaired) electrons. The van der Waals surface area contributed by atoms with Crippen molar-refractivity contribution in [2.24, 2.45) is 11.1 Å². The Kier molecular flexibility index (Phi) is 4.99. The number of amides is 1. The van der Waals surface area contributed by atoms with Crippen molar-refractivity contribution < 1.29 is 9.18 Å². The lowest BCUT2D eigenvalue weighted by molar-refractivity contribution is -0.128. The second-order valence-corrected chi connectivity index (χ2v) is 5.96. The van der Waals surface area contributed by atoms with Crippen LogP contribution in [0.5, 0.6) is 0 Å². The fourth-order valence-electron chi connectivity index (χ4n) is 3.44. The third-order valence-electron chi connectivity index (χ3n) is 4.49. The lowest BCUT2D eigenvalue weighted by Crippen LogP contribution is -2.47. The van der Waals surface area contributed by atoms with Crippen LogP contribution in [0, 0.1) is 11.2 Å². The van der Waals surface area contributed by atoms with Crippen LogP contribution in [0.25, 0.3) is 0 Å². The van der Waals surface area contributed by atoms with Gasteiger partial charge in [0.05, 0.1) is 5.41 Å². The van der Waals surface area contributed by atoms with Crippen molar-refractivity contribution in [1.29, 1.82) is 0 Å². The van der Waals surface area contributed by atoms with Gasteiger partial charge in [-0.3, -0.25) is 4.79 Å². The summed E-state index contributed by atoms with van der Waals surface area (Å²) in [5.74, 6) is -0.226. The number of hydrogen-bond acceptors (Lipinski definition) is 2. The zero-order valence-electron chi connectivity index (χ0n) is 13.0. The topological polar surface area (TPSA) is 46.3 Å². The van der Waals surface area contributed by atoms with E-state index < -0.39 is 5.41 Å². The van der Waals surface area contributed by atoms with E-state index in [2.05, 4.69) is 13.8 Å². The molecule has 3 nitrogen and oxygen atoms in total.